The molecule has 1 N–H and O–H groups in total. The molecular formula is C14H17FN2S. The van der Waals surface area contributed by atoms with Crippen LogP contribution in [-0.2, 0) is 6.42 Å². The van der Waals surface area contributed by atoms with Gasteiger partial charge in [-0.25, -0.2) is 4.39 Å². The van der Waals surface area contributed by atoms with E-state index in [2.05, 4.69) is 34.7 Å². The fourth-order valence-corrected chi connectivity index (χ4v) is 2.78. The molecule has 0 fully saturated rings. The maximum absolute atomic E-state index is 12.8. The summed E-state index contributed by atoms with van der Waals surface area (Å²) in [6.45, 7) is 4.20. The molecule has 2 unspecified atom stereocenters. The number of thiophene rings is 1. The minimum atomic E-state index is -0.294. The van der Waals surface area contributed by atoms with Gasteiger partial charge in [0.1, 0.15) is 5.82 Å². The normalized spacial score (nSPS) is 14.4. The first-order chi connectivity index (χ1) is 8.65. The van der Waals surface area contributed by atoms with Crippen LogP contribution in [0.1, 0.15) is 30.5 Å². The Hall–Kier alpha value is -1.26. The molecule has 96 valence electrons. The van der Waals surface area contributed by atoms with Crippen LogP contribution in [0.15, 0.2) is 35.8 Å². The van der Waals surface area contributed by atoms with Gasteiger partial charge in [0.2, 0.25) is 0 Å². The van der Waals surface area contributed by atoms with Gasteiger partial charge in [-0.2, -0.15) is 0 Å². The summed E-state index contributed by atoms with van der Waals surface area (Å²) in [5, 5.41) is 5.57. The molecule has 18 heavy (non-hydrogen) atoms. The van der Waals surface area contributed by atoms with Crippen LogP contribution in [-0.4, -0.2) is 11.0 Å². The summed E-state index contributed by atoms with van der Waals surface area (Å²) in [5.74, 6) is -0.294. The standard InChI is InChI=1S/C14H17FN2S/c1-10(8-13-4-3-7-18-13)17-11(2)14-6-5-12(15)9-16-14/h3-7,9-11,17H,8H2,1-2H3. The lowest BCUT2D eigenvalue weighted by atomic mass is 10.1. The van der Waals surface area contributed by atoms with E-state index in [0.717, 1.165) is 12.1 Å². The van der Waals surface area contributed by atoms with Gasteiger partial charge >= 0.3 is 0 Å². The molecule has 2 nitrogen and oxygen atoms in total. The summed E-state index contributed by atoms with van der Waals surface area (Å²) in [6, 6.07) is 7.88. The van der Waals surface area contributed by atoms with Crippen LogP contribution in [0.4, 0.5) is 4.39 Å². The number of hydrogen-bond acceptors (Lipinski definition) is 3. The number of hydrogen-bond donors (Lipinski definition) is 1. The van der Waals surface area contributed by atoms with Gasteiger partial charge in [0, 0.05) is 17.0 Å². The van der Waals surface area contributed by atoms with Crippen LogP contribution in [0.5, 0.6) is 0 Å². The lowest BCUT2D eigenvalue weighted by Crippen LogP contribution is -2.30. The Kier molecular flexibility index (Phi) is 4.44. The predicted octanol–water partition coefficient (Wildman–Crippen LogP) is 3.56. The maximum Gasteiger partial charge on any atom is 0.141 e. The van der Waals surface area contributed by atoms with E-state index in [0.29, 0.717) is 6.04 Å². The topological polar surface area (TPSA) is 24.9 Å². The van der Waals surface area contributed by atoms with Gasteiger partial charge in [-0.1, -0.05) is 6.07 Å². The van der Waals surface area contributed by atoms with Crippen molar-refractivity contribution in [2.75, 3.05) is 0 Å². The van der Waals surface area contributed by atoms with Crippen molar-refractivity contribution in [1.29, 1.82) is 0 Å². The molecule has 4 heteroatoms. The van der Waals surface area contributed by atoms with Gasteiger partial charge in [0.15, 0.2) is 0 Å². The zero-order valence-corrected chi connectivity index (χ0v) is 11.4. The van der Waals surface area contributed by atoms with Gasteiger partial charge < -0.3 is 5.32 Å². The fourth-order valence-electron chi connectivity index (χ4n) is 1.94. The van der Waals surface area contributed by atoms with Gasteiger partial charge in [0.05, 0.1) is 11.9 Å². The SMILES string of the molecule is CC(Cc1cccs1)NC(C)c1ccc(F)cn1. The Morgan fingerprint density at radius 3 is 2.78 bits per heavy atom. The molecule has 0 saturated carbocycles. The van der Waals surface area contributed by atoms with E-state index in [1.807, 2.05) is 6.92 Å². The quantitative estimate of drug-likeness (QED) is 0.893. The highest BCUT2D eigenvalue weighted by Crippen LogP contribution is 2.14. The highest BCUT2D eigenvalue weighted by atomic mass is 32.1. The van der Waals surface area contributed by atoms with E-state index in [-0.39, 0.29) is 11.9 Å². The minimum absolute atomic E-state index is 0.126. The molecule has 0 aromatic carbocycles. The number of halogens is 1. The zero-order valence-electron chi connectivity index (χ0n) is 10.6. The van der Waals surface area contributed by atoms with Crippen molar-refractivity contribution in [3.8, 4) is 0 Å². The molecule has 0 saturated heterocycles. The Balaban J connectivity index is 1.90. The van der Waals surface area contributed by atoms with Crippen LogP contribution in [0.2, 0.25) is 0 Å². The smallest absolute Gasteiger partial charge is 0.141 e. The maximum atomic E-state index is 12.8. The monoisotopic (exact) mass is 264 g/mol. The van der Waals surface area contributed by atoms with Gasteiger partial charge in [-0.15, -0.1) is 11.3 Å². The molecule has 2 rings (SSSR count). The lowest BCUT2D eigenvalue weighted by molar-refractivity contribution is 0.470. The Labute approximate surface area is 111 Å². The molecular weight excluding hydrogens is 247 g/mol. The summed E-state index contributed by atoms with van der Waals surface area (Å²) in [5.41, 5.74) is 0.870. The average Bonchev–Trinajstić information content (AvgIpc) is 2.82. The van der Waals surface area contributed by atoms with Crippen LogP contribution in [0.25, 0.3) is 0 Å². The highest BCUT2D eigenvalue weighted by molar-refractivity contribution is 7.09. The van der Waals surface area contributed by atoms with Crippen molar-refractivity contribution in [1.82, 2.24) is 10.3 Å². The second-order valence-corrected chi connectivity index (χ2v) is 5.51. The van der Waals surface area contributed by atoms with E-state index in [4.69, 9.17) is 0 Å². The third-order valence-corrected chi connectivity index (χ3v) is 3.71. The van der Waals surface area contributed by atoms with E-state index in [9.17, 15) is 4.39 Å². The van der Waals surface area contributed by atoms with E-state index in [1.165, 1.54) is 17.1 Å². The second-order valence-electron chi connectivity index (χ2n) is 4.47. The first-order valence-electron chi connectivity index (χ1n) is 6.05. The predicted molar refractivity (Wildman–Crippen MR) is 73.2 cm³/mol. The molecule has 2 heterocycles. The zero-order chi connectivity index (χ0) is 13.0. The number of aromatic nitrogens is 1. The minimum Gasteiger partial charge on any atom is -0.306 e. The van der Waals surface area contributed by atoms with Crippen molar-refractivity contribution in [2.24, 2.45) is 0 Å². The highest BCUT2D eigenvalue weighted by Gasteiger charge is 2.11. The summed E-state index contributed by atoms with van der Waals surface area (Å²) in [7, 11) is 0. The van der Waals surface area contributed by atoms with Crippen LogP contribution in [0, 0.1) is 5.82 Å². The number of nitrogens with zero attached hydrogens (tertiary/aromatic N) is 1. The van der Waals surface area contributed by atoms with E-state index in [1.54, 1.807) is 17.4 Å². The molecule has 0 amide bonds. The van der Waals surface area contributed by atoms with Gasteiger partial charge in [-0.3, -0.25) is 4.98 Å². The third kappa shape index (κ3) is 3.62. The fraction of sp³-hybridized carbons (Fsp3) is 0.357. The Morgan fingerprint density at radius 2 is 2.17 bits per heavy atom. The molecule has 2 atom stereocenters. The van der Waals surface area contributed by atoms with Gasteiger partial charge in [-0.05, 0) is 43.8 Å². The first-order valence-corrected chi connectivity index (χ1v) is 6.93. The van der Waals surface area contributed by atoms with Crippen molar-refractivity contribution in [3.63, 3.8) is 0 Å². The number of pyridine rings is 1. The van der Waals surface area contributed by atoms with Crippen LogP contribution >= 0.6 is 11.3 Å². The summed E-state index contributed by atoms with van der Waals surface area (Å²) in [6.07, 6.45) is 2.26. The van der Waals surface area contributed by atoms with E-state index < -0.39 is 0 Å². The molecule has 0 aliphatic carbocycles. The molecule has 0 spiro atoms. The lowest BCUT2D eigenvalue weighted by Gasteiger charge is -2.19. The number of rotatable bonds is 5. The Morgan fingerprint density at radius 1 is 1.33 bits per heavy atom. The molecule has 2 aromatic rings. The molecule has 2 aromatic heterocycles. The summed E-state index contributed by atoms with van der Waals surface area (Å²) >= 11 is 1.77. The van der Waals surface area contributed by atoms with Crippen LogP contribution in [0.3, 0.4) is 0 Å². The molecule has 0 radical (unpaired) electrons. The largest absolute Gasteiger partial charge is 0.306 e. The average molecular weight is 264 g/mol. The first kappa shape index (κ1) is 13.2. The molecule has 0 bridgehead atoms. The van der Waals surface area contributed by atoms with Crippen LogP contribution < -0.4 is 5.32 Å². The summed E-state index contributed by atoms with van der Waals surface area (Å²) in [4.78, 5) is 5.46. The third-order valence-electron chi connectivity index (χ3n) is 2.82. The van der Waals surface area contributed by atoms with E-state index >= 15 is 0 Å². The van der Waals surface area contributed by atoms with Crippen molar-refractivity contribution < 1.29 is 4.39 Å². The molecule has 0 aliphatic rings. The Bertz CT molecular complexity index is 467. The van der Waals surface area contributed by atoms with Crippen molar-refractivity contribution in [3.05, 3.63) is 52.2 Å². The number of nitrogens with one attached hydrogen (secondary N) is 1. The summed E-state index contributed by atoms with van der Waals surface area (Å²) < 4.78 is 12.8. The van der Waals surface area contributed by atoms with Crippen molar-refractivity contribution in [2.45, 2.75) is 32.4 Å². The second kappa shape index (κ2) is 6.07. The van der Waals surface area contributed by atoms with Gasteiger partial charge in [0.25, 0.3) is 0 Å². The van der Waals surface area contributed by atoms with Crippen molar-refractivity contribution >= 4 is 11.3 Å². The molecule has 0 aliphatic heterocycles.